The number of carbonyl (C=O) groups excluding carboxylic acids is 1. The van der Waals surface area contributed by atoms with Gasteiger partial charge < -0.3 is 19.9 Å². The standard InChI is InChI=1S/C15H23NO4/c1-12-5-3-6-14(9-12)20-8-4-7-15(18)16-13(10-17)11-19-2/h3,5-6,9,13,17H,4,7-8,10-11H2,1-2H3,(H,16,18). The lowest BCUT2D eigenvalue weighted by Gasteiger charge is -2.15. The minimum absolute atomic E-state index is 0.103. The molecule has 1 aromatic carbocycles. The maximum atomic E-state index is 11.6. The first kappa shape index (κ1) is 16.5. The molecule has 0 aliphatic carbocycles. The number of hydrogen-bond acceptors (Lipinski definition) is 4. The monoisotopic (exact) mass is 281 g/mol. The molecule has 1 amide bonds. The quantitative estimate of drug-likeness (QED) is 0.669. The van der Waals surface area contributed by atoms with Crippen molar-refractivity contribution in [3.8, 4) is 5.75 Å². The van der Waals surface area contributed by atoms with Crippen LogP contribution in [0.5, 0.6) is 5.75 Å². The Labute approximate surface area is 119 Å². The molecule has 1 atom stereocenters. The lowest BCUT2D eigenvalue weighted by atomic mass is 10.2. The van der Waals surface area contributed by atoms with Gasteiger partial charge in [-0.05, 0) is 31.0 Å². The van der Waals surface area contributed by atoms with Gasteiger partial charge in [-0.1, -0.05) is 12.1 Å². The summed E-state index contributed by atoms with van der Waals surface area (Å²) in [5.41, 5.74) is 1.14. The van der Waals surface area contributed by atoms with Crippen molar-refractivity contribution in [3.05, 3.63) is 29.8 Å². The van der Waals surface area contributed by atoms with Crippen molar-refractivity contribution >= 4 is 5.91 Å². The Morgan fingerprint density at radius 1 is 1.45 bits per heavy atom. The number of amides is 1. The van der Waals surface area contributed by atoms with Gasteiger partial charge in [0.1, 0.15) is 5.75 Å². The highest BCUT2D eigenvalue weighted by Crippen LogP contribution is 2.12. The molecule has 0 spiro atoms. The van der Waals surface area contributed by atoms with E-state index < -0.39 is 0 Å². The first-order valence-electron chi connectivity index (χ1n) is 6.74. The smallest absolute Gasteiger partial charge is 0.220 e. The van der Waals surface area contributed by atoms with E-state index in [1.165, 1.54) is 7.11 Å². The van der Waals surface area contributed by atoms with Crippen LogP contribution in [0.1, 0.15) is 18.4 Å². The number of aryl methyl sites for hydroxylation is 1. The van der Waals surface area contributed by atoms with E-state index in [0.29, 0.717) is 26.1 Å². The Bertz CT molecular complexity index is 409. The van der Waals surface area contributed by atoms with Gasteiger partial charge in [0.15, 0.2) is 0 Å². The molecule has 0 saturated heterocycles. The molecule has 1 rings (SSSR count). The summed E-state index contributed by atoms with van der Waals surface area (Å²) in [6.07, 6.45) is 0.997. The van der Waals surface area contributed by atoms with Crippen LogP contribution in [0, 0.1) is 6.92 Å². The van der Waals surface area contributed by atoms with Crippen LogP contribution < -0.4 is 10.1 Å². The van der Waals surface area contributed by atoms with Gasteiger partial charge in [0, 0.05) is 13.5 Å². The van der Waals surface area contributed by atoms with Crippen LogP contribution in [0.3, 0.4) is 0 Å². The highest BCUT2D eigenvalue weighted by Gasteiger charge is 2.10. The average molecular weight is 281 g/mol. The van der Waals surface area contributed by atoms with Gasteiger partial charge in [-0.25, -0.2) is 0 Å². The molecule has 0 bridgehead atoms. The first-order valence-corrected chi connectivity index (χ1v) is 6.74. The van der Waals surface area contributed by atoms with Gasteiger partial charge in [-0.15, -0.1) is 0 Å². The van der Waals surface area contributed by atoms with Crippen LogP contribution in [0.4, 0.5) is 0 Å². The number of hydrogen-bond donors (Lipinski definition) is 2. The zero-order chi connectivity index (χ0) is 14.8. The minimum atomic E-state index is -0.342. The number of ether oxygens (including phenoxy) is 2. The van der Waals surface area contributed by atoms with E-state index in [9.17, 15) is 4.79 Å². The largest absolute Gasteiger partial charge is 0.494 e. The fourth-order valence-corrected chi connectivity index (χ4v) is 1.77. The third-order valence-electron chi connectivity index (χ3n) is 2.76. The van der Waals surface area contributed by atoms with E-state index in [4.69, 9.17) is 14.6 Å². The molecule has 0 aromatic heterocycles. The summed E-state index contributed by atoms with van der Waals surface area (Å²) in [6.45, 7) is 2.68. The molecule has 0 fully saturated rings. The van der Waals surface area contributed by atoms with E-state index in [1.807, 2.05) is 31.2 Å². The maximum absolute atomic E-state index is 11.6. The summed E-state index contributed by atoms with van der Waals surface area (Å²) in [5.74, 6) is 0.715. The van der Waals surface area contributed by atoms with Gasteiger partial charge in [-0.3, -0.25) is 4.79 Å². The number of nitrogens with one attached hydrogen (secondary N) is 1. The second-order valence-electron chi connectivity index (χ2n) is 4.67. The Balaban J connectivity index is 2.18. The van der Waals surface area contributed by atoms with Crippen LogP contribution in [0.25, 0.3) is 0 Å². The summed E-state index contributed by atoms with van der Waals surface area (Å²) in [4.78, 5) is 11.6. The second-order valence-corrected chi connectivity index (χ2v) is 4.67. The molecule has 112 valence electrons. The number of aliphatic hydroxyl groups excluding tert-OH is 1. The summed E-state index contributed by atoms with van der Waals surface area (Å²) in [6, 6.07) is 7.46. The SMILES string of the molecule is COCC(CO)NC(=O)CCCOc1cccc(C)c1. The highest BCUT2D eigenvalue weighted by atomic mass is 16.5. The van der Waals surface area contributed by atoms with E-state index >= 15 is 0 Å². The molecule has 0 radical (unpaired) electrons. The normalized spacial score (nSPS) is 11.9. The summed E-state index contributed by atoms with van der Waals surface area (Å²) in [7, 11) is 1.53. The lowest BCUT2D eigenvalue weighted by molar-refractivity contribution is -0.122. The highest BCUT2D eigenvalue weighted by molar-refractivity contribution is 5.76. The van der Waals surface area contributed by atoms with E-state index in [-0.39, 0.29) is 18.6 Å². The lowest BCUT2D eigenvalue weighted by Crippen LogP contribution is -2.40. The van der Waals surface area contributed by atoms with Crippen molar-refractivity contribution in [1.82, 2.24) is 5.32 Å². The van der Waals surface area contributed by atoms with E-state index in [2.05, 4.69) is 5.32 Å². The molecular formula is C15H23NO4. The number of benzene rings is 1. The Morgan fingerprint density at radius 2 is 2.25 bits per heavy atom. The van der Waals surface area contributed by atoms with Crippen molar-refractivity contribution < 1.29 is 19.4 Å². The Hall–Kier alpha value is -1.59. The molecule has 1 aromatic rings. The van der Waals surface area contributed by atoms with Crippen LogP contribution >= 0.6 is 0 Å². The summed E-state index contributed by atoms with van der Waals surface area (Å²) in [5, 5.41) is 11.7. The van der Waals surface area contributed by atoms with Crippen LogP contribution in [-0.4, -0.2) is 44.0 Å². The molecular weight excluding hydrogens is 258 g/mol. The van der Waals surface area contributed by atoms with Gasteiger partial charge >= 0.3 is 0 Å². The third-order valence-corrected chi connectivity index (χ3v) is 2.76. The fraction of sp³-hybridized carbons (Fsp3) is 0.533. The molecule has 1 unspecified atom stereocenters. The molecule has 0 saturated carbocycles. The maximum Gasteiger partial charge on any atom is 0.220 e. The van der Waals surface area contributed by atoms with Crippen LogP contribution in [0.15, 0.2) is 24.3 Å². The number of carbonyl (C=O) groups is 1. The van der Waals surface area contributed by atoms with Gasteiger partial charge in [0.2, 0.25) is 5.91 Å². The second kappa shape index (κ2) is 9.34. The number of aliphatic hydroxyl groups is 1. The Kier molecular flexibility index (Phi) is 7.69. The minimum Gasteiger partial charge on any atom is -0.494 e. The Morgan fingerprint density at radius 3 is 2.90 bits per heavy atom. The first-order chi connectivity index (χ1) is 9.65. The molecule has 0 aliphatic heterocycles. The van der Waals surface area contributed by atoms with Crippen molar-refractivity contribution in [3.63, 3.8) is 0 Å². The van der Waals surface area contributed by atoms with Gasteiger partial charge in [-0.2, -0.15) is 0 Å². The predicted octanol–water partition coefficient (Wildman–Crippen LogP) is 1.28. The van der Waals surface area contributed by atoms with E-state index in [0.717, 1.165) is 11.3 Å². The third kappa shape index (κ3) is 6.54. The number of methoxy groups -OCH3 is 1. The summed E-state index contributed by atoms with van der Waals surface area (Å²) < 4.78 is 10.5. The molecule has 20 heavy (non-hydrogen) atoms. The zero-order valence-corrected chi connectivity index (χ0v) is 12.1. The molecule has 0 heterocycles. The van der Waals surface area contributed by atoms with Crippen molar-refractivity contribution in [1.29, 1.82) is 0 Å². The molecule has 2 N–H and O–H groups in total. The molecule has 5 nitrogen and oxygen atoms in total. The predicted molar refractivity (Wildman–Crippen MR) is 76.8 cm³/mol. The molecule has 5 heteroatoms. The molecule has 0 aliphatic rings. The van der Waals surface area contributed by atoms with Crippen LogP contribution in [0.2, 0.25) is 0 Å². The van der Waals surface area contributed by atoms with Crippen molar-refractivity contribution in [2.75, 3.05) is 26.9 Å². The van der Waals surface area contributed by atoms with Crippen molar-refractivity contribution in [2.24, 2.45) is 0 Å². The zero-order valence-electron chi connectivity index (χ0n) is 12.1. The summed E-state index contributed by atoms with van der Waals surface area (Å²) >= 11 is 0. The fourth-order valence-electron chi connectivity index (χ4n) is 1.77. The van der Waals surface area contributed by atoms with E-state index in [1.54, 1.807) is 0 Å². The van der Waals surface area contributed by atoms with Gasteiger partial charge in [0.05, 0.1) is 25.9 Å². The van der Waals surface area contributed by atoms with Crippen molar-refractivity contribution in [2.45, 2.75) is 25.8 Å². The topological polar surface area (TPSA) is 67.8 Å². The van der Waals surface area contributed by atoms with Crippen LogP contribution in [-0.2, 0) is 9.53 Å². The number of rotatable bonds is 9. The average Bonchev–Trinajstić information content (AvgIpc) is 2.43. The van der Waals surface area contributed by atoms with Gasteiger partial charge in [0.25, 0.3) is 0 Å².